The Morgan fingerprint density at radius 3 is 2.38 bits per heavy atom. The molecule has 0 amide bonds. The number of nitrogens with one attached hydrogen (secondary N) is 1. The zero-order valence-corrected chi connectivity index (χ0v) is 16.8. The van der Waals surface area contributed by atoms with Crippen molar-refractivity contribution in [3.8, 4) is 0 Å². The van der Waals surface area contributed by atoms with Crippen molar-refractivity contribution in [1.29, 1.82) is 0 Å². The van der Waals surface area contributed by atoms with E-state index in [-0.39, 0.29) is 10.8 Å². The third-order valence-electron chi connectivity index (χ3n) is 4.74. The summed E-state index contributed by atoms with van der Waals surface area (Å²) in [6.07, 6.45) is 2.21. The Morgan fingerprint density at radius 2 is 1.76 bits per heavy atom. The molecule has 29 heavy (non-hydrogen) atoms. The smallest absolute Gasteiger partial charge is 0.261 e. The fourth-order valence-corrected chi connectivity index (χ4v) is 4.28. The zero-order chi connectivity index (χ0) is 20.7. The van der Waals surface area contributed by atoms with Crippen LogP contribution < -0.4 is 4.72 Å². The van der Waals surface area contributed by atoms with Crippen molar-refractivity contribution in [3.63, 3.8) is 0 Å². The molecule has 0 aliphatic rings. The molecule has 0 unspecified atom stereocenters. The first-order valence-corrected chi connectivity index (χ1v) is 10.9. The number of benzene rings is 3. The highest BCUT2D eigenvalue weighted by Gasteiger charge is 2.17. The molecule has 0 aromatic heterocycles. The van der Waals surface area contributed by atoms with E-state index in [9.17, 15) is 13.5 Å². The van der Waals surface area contributed by atoms with Gasteiger partial charge >= 0.3 is 0 Å². The lowest BCUT2D eigenvalue weighted by molar-refractivity contribution is 0.201. The van der Waals surface area contributed by atoms with Crippen LogP contribution >= 0.6 is 0 Å². The fourth-order valence-electron chi connectivity index (χ4n) is 3.20. The predicted octanol–water partition coefficient (Wildman–Crippen LogP) is 4.55. The van der Waals surface area contributed by atoms with Crippen LogP contribution in [0.4, 0.5) is 5.69 Å². The maximum Gasteiger partial charge on any atom is 0.261 e. The van der Waals surface area contributed by atoms with Crippen LogP contribution in [0.2, 0.25) is 0 Å². The number of hydrogen-bond donors (Lipinski definition) is 2. The topological polar surface area (TPSA) is 66.4 Å². The van der Waals surface area contributed by atoms with E-state index in [0.29, 0.717) is 12.1 Å². The van der Waals surface area contributed by atoms with Crippen LogP contribution in [0.5, 0.6) is 0 Å². The van der Waals surface area contributed by atoms with Gasteiger partial charge in [0.05, 0.1) is 11.0 Å². The summed E-state index contributed by atoms with van der Waals surface area (Å²) in [4.78, 5) is 0.219. The number of hydrogen-bond acceptors (Lipinski definition) is 3. The summed E-state index contributed by atoms with van der Waals surface area (Å²) in [6.45, 7) is 3.66. The second kappa shape index (κ2) is 9.54. The van der Waals surface area contributed by atoms with Crippen molar-refractivity contribution in [2.24, 2.45) is 0 Å². The van der Waals surface area contributed by atoms with Crippen molar-refractivity contribution in [1.82, 2.24) is 0 Å². The van der Waals surface area contributed by atoms with Gasteiger partial charge in [0.2, 0.25) is 0 Å². The second-order valence-electron chi connectivity index (χ2n) is 6.89. The first-order chi connectivity index (χ1) is 14.0. The van der Waals surface area contributed by atoms with E-state index in [0.717, 1.165) is 17.5 Å². The van der Waals surface area contributed by atoms with E-state index in [1.807, 2.05) is 36.4 Å². The van der Waals surface area contributed by atoms with Crippen LogP contribution in [0, 0.1) is 6.07 Å². The quantitative estimate of drug-likeness (QED) is 0.512. The molecular formula is C24H24NO3S. The first-order valence-electron chi connectivity index (χ1n) is 9.41. The lowest BCUT2D eigenvalue weighted by Gasteiger charge is -2.20. The van der Waals surface area contributed by atoms with Gasteiger partial charge in [-0.3, -0.25) is 4.72 Å². The Kier molecular flexibility index (Phi) is 6.86. The number of aliphatic hydroxyl groups is 1. The molecule has 5 heteroatoms. The summed E-state index contributed by atoms with van der Waals surface area (Å²) < 4.78 is 27.6. The Hall–Kier alpha value is -2.89. The minimum absolute atomic E-state index is 0.0681. The highest BCUT2D eigenvalue weighted by Crippen LogP contribution is 2.28. The predicted molar refractivity (Wildman–Crippen MR) is 116 cm³/mol. The summed E-state index contributed by atoms with van der Waals surface area (Å²) in [7, 11) is -3.63. The third kappa shape index (κ3) is 5.79. The average molecular weight is 407 g/mol. The molecule has 0 bridgehead atoms. The average Bonchev–Trinajstić information content (AvgIpc) is 2.75. The van der Waals surface area contributed by atoms with Crippen molar-refractivity contribution < 1.29 is 13.5 Å². The maximum absolute atomic E-state index is 12.5. The lowest BCUT2D eigenvalue weighted by atomic mass is 9.87. The zero-order valence-electron chi connectivity index (χ0n) is 16.0. The van der Waals surface area contributed by atoms with Gasteiger partial charge in [-0.05, 0) is 60.2 Å². The number of sulfonamides is 1. The van der Waals surface area contributed by atoms with E-state index < -0.39 is 16.1 Å². The summed E-state index contributed by atoms with van der Waals surface area (Å²) in [6, 6.07) is 26.4. The van der Waals surface area contributed by atoms with Crippen LogP contribution in [0.15, 0.2) is 96.4 Å². The minimum atomic E-state index is -3.63. The van der Waals surface area contributed by atoms with Crippen LogP contribution in [-0.4, -0.2) is 19.6 Å². The number of anilines is 1. The Balaban J connectivity index is 1.78. The van der Waals surface area contributed by atoms with Gasteiger partial charge < -0.3 is 5.11 Å². The Labute approximate surface area is 172 Å². The van der Waals surface area contributed by atoms with Gasteiger partial charge in [-0.1, -0.05) is 60.7 Å². The van der Waals surface area contributed by atoms with Gasteiger partial charge in [0.25, 0.3) is 10.0 Å². The van der Waals surface area contributed by atoms with Crippen molar-refractivity contribution in [2.45, 2.75) is 29.8 Å². The van der Waals surface area contributed by atoms with Crippen LogP contribution in [-0.2, 0) is 16.4 Å². The highest BCUT2D eigenvalue weighted by atomic mass is 32.2. The SMILES string of the molecule is C=C[C@@H](O)C[C@H](Cc1c[c]ccc1)c1ccc(NS(=O)(=O)c2ccccc2)cc1. The van der Waals surface area contributed by atoms with Crippen LogP contribution in [0.25, 0.3) is 0 Å². The molecule has 3 aromatic rings. The molecule has 0 saturated heterocycles. The van der Waals surface area contributed by atoms with Crippen LogP contribution in [0.1, 0.15) is 23.5 Å². The van der Waals surface area contributed by atoms with Crippen molar-refractivity contribution in [3.05, 3.63) is 109 Å². The Bertz CT molecular complexity index is 1020. The second-order valence-corrected chi connectivity index (χ2v) is 8.57. The van der Waals surface area contributed by atoms with E-state index in [2.05, 4.69) is 17.4 Å². The van der Waals surface area contributed by atoms with Crippen molar-refractivity contribution >= 4 is 15.7 Å². The van der Waals surface area contributed by atoms with E-state index >= 15 is 0 Å². The molecular weight excluding hydrogens is 382 g/mol. The molecule has 4 nitrogen and oxygen atoms in total. The maximum atomic E-state index is 12.5. The van der Waals surface area contributed by atoms with E-state index in [1.165, 1.54) is 6.08 Å². The molecule has 0 fully saturated rings. The molecule has 0 aliphatic carbocycles. The Morgan fingerprint density at radius 1 is 1.03 bits per heavy atom. The molecule has 3 rings (SSSR count). The molecule has 0 saturated carbocycles. The third-order valence-corrected chi connectivity index (χ3v) is 6.14. The van der Waals surface area contributed by atoms with Gasteiger partial charge in [-0.25, -0.2) is 8.42 Å². The molecule has 3 aromatic carbocycles. The summed E-state index contributed by atoms with van der Waals surface area (Å²) in [5, 5.41) is 10.1. The monoisotopic (exact) mass is 406 g/mol. The summed E-state index contributed by atoms with van der Waals surface area (Å²) in [5.74, 6) is 0.0681. The summed E-state index contributed by atoms with van der Waals surface area (Å²) >= 11 is 0. The van der Waals surface area contributed by atoms with Gasteiger partial charge in [0, 0.05) is 5.69 Å². The van der Waals surface area contributed by atoms with E-state index in [4.69, 9.17) is 0 Å². The van der Waals surface area contributed by atoms with Gasteiger partial charge in [-0.2, -0.15) is 0 Å². The molecule has 1 radical (unpaired) electrons. The molecule has 149 valence electrons. The first kappa shape index (κ1) is 20.8. The van der Waals surface area contributed by atoms with Gasteiger partial charge in [0.1, 0.15) is 0 Å². The molecule has 2 atom stereocenters. The molecule has 0 heterocycles. The molecule has 0 aliphatic heterocycles. The number of aliphatic hydroxyl groups excluding tert-OH is 1. The minimum Gasteiger partial charge on any atom is -0.389 e. The molecule has 2 N–H and O–H groups in total. The largest absolute Gasteiger partial charge is 0.389 e. The number of rotatable bonds is 9. The van der Waals surface area contributed by atoms with Crippen LogP contribution in [0.3, 0.4) is 0 Å². The van der Waals surface area contributed by atoms with E-state index in [1.54, 1.807) is 42.5 Å². The molecule has 0 spiro atoms. The van der Waals surface area contributed by atoms with Gasteiger partial charge in [0.15, 0.2) is 0 Å². The normalized spacial score (nSPS) is 13.4. The van der Waals surface area contributed by atoms with Gasteiger partial charge in [-0.15, -0.1) is 6.58 Å². The fraction of sp³-hybridized carbons (Fsp3) is 0.167. The van der Waals surface area contributed by atoms with Crippen molar-refractivity contribution in [2.75, 3.05) is 4.72 Å². The standard InChI is InChI=1S/C24H24NO3S/c1-2-23(26)18-21(17-19-9-5-3-6-10-19)20-13-15-22(16-14-20)25-29(27,28)24-11-7-4-8-12-24/h2-5,7-16,21,23,25-26H,1,17-18H2/t21-,23+/m0/s1. The highest BCUT2D eigenvalue weighted by molar-refractivity contribution is 7.92. The lowest BCUT2D eigenvalue weighted by Crippen LogP contribution is -2.14. The summed E-state index contributed by atoms with van der Waals surface area (Å²) in [5.41, 5.74) is 2.65.